The molecule has 0 saturated heterocycles. The summed E-state index contributed by atoms with van der Waals surface area (Å²) in [4.78, 5) is 14.7. The number of carbonyl (C=O) groups is 1. The molecule has 1 rings (SSSR count). The van der Waals surface area contributed by atoms with E-state index in [0.717, 1.165) is 10.7 Å². The van der Waals surface area contributed by atoms with Crippen LogP contribution in [0.4, 0.5) is 0 Å². The molecule has 0 aliphatic rings. The lowest BCUT2D eigenvalue weighted by Gasteiger charge is -1.95. The van der Waals surface area contributed by atoms with Crippen LogP contribution >= 0.6 is 11.3 Å². The molecule has 0 spiro atoms. The van der Waals surface area contributed by atoms with Crippen molar-refractivity contribution in [3.05, 3.63) is 16.1 Å². The molecule has 66 valence electrons. The Morgan fingerprint density at radius 3 is 3.08 bits per heavy atom. The summed E-state index contributed by atoms with van der Waals surface area (Å²) in [5.41, 5.74) is 6.25. The molecule has 0 unspecified atom stereocenters. The fraction of sp³-hybridized carbons (Fsp3) is 0.429. The molecule has 1 aromatic heterocycles. The second kappa shape index (κ2) is 4.18. The zero-order valence-corrected chi connectivity index (χ0v) is 7.65. The molecule has 0 fully saturated rings. The summed E-state index contributed by atoms with van der Waals surface area (Å²) in [5, 5.41) is 5.46. The number of amides is 1. The number of hydrogen-bond acceptors (Lipinski definition) is 4. The molecule has 0 atom stereocenters. The summed E-state index contributed by atoms with van der Waals surface area (Å²) in [6, 6.07) is 0. The molecule has 0 bridgehead atoms. The number of rotatable bonds is 3. The minimum atomic E-state index is -0.0421. The van der Waals surface area contributed by atoms with Crippen molar-refractivity contribution in [2.45, 2.75) is 20.0 Å². The van der Waals surface area contributed by atoms with Gasteiger partial charge in [0.1, 0.15) is 5.01 Å². The van der Waals surface area contributed by atoms with Crippen molar-refractivity contribution in [2.24, 2.45) is 5.73 Å². The minimum Gasteiger partial charge on any atom is -0.350 e. The third-order valence-corrected chi connectivity index (χ3v) is 2.19. The fourth-order valence-corrected chi connectivity index (χ4v) is 1.47. The first-order valence-corrected chi connectivity index (χ1v) is 4.48. The van der Waals surface area contributed by atoms with Crippen LogP contribution in [0.3, 0.4) is 0 Å². The van der Waals surface area contributed by atoms with Crippen molar-refractivity contribution < 1.29 is 4.79 Å². The standard InChI is InChI=1S/C7H11N3OS/c1-5(11)9-3-7-10-6(2-8)4-12-7/h4H,2-3,8H2,1H3,(H,9,11). The maximum Gasteiger partial charge on any atom is 0.217 e. The van der Waals surface area contributed by atoms with E-state index in [1.54, 1.807) is 0 Å². The van der Waals surface area contributed by atoms with Crippen molar-refractivity contribution in [3.63, 3.8) is 0 Å². The Bertz CT molecular complexity index is 271. The first kappa shape index (κ1) is 9.15. The lowest BCUT2D eigenvalue weighted by Crippen LogP contribution is -2.18. The highest BCUT2D eigenvalue weighted by atomic mass is 32.1. The van der Waals surface area contributed by atoms with E-state index in [1.165, 1.54) is 18.3 Å². The normalized spacial score (nSPS) is 9.83. The van der Waals surface area contributed by atoms with Crippen LogP contribution in [0.1, 0.15) is 17.6 Å². The van der Waals surface area contributed by atoms with Gasteiger partial charge < -0.3 is 11.1 Å². The Balaban J connectivity index is 2.47. The van der Waals surface area contributed by atoms with E-state index < -0.39 is 0 Å². The Kier molecular flexibility index (Phi) is 3.19. The third-order valence-electron chi connectivity index (χ3n) is 1.30. The molecule has 5 heteroatoms. The Morgan fingerprint density at radius 1 is 1.83 bits per heavy atom. The smallest absolute Gasteiger partial charge is 0.217 e. The van der Waals surface area contributed by atoms with Gasteiger partial charge >= 0.3 is 0 Å². The van der Waals surface area contributed by atoms with Crippen LogP contribution in [0.2, 0.25) is 0 Å². The summed E-state index contributed by atoms with van der Waals surface area (Å²) < 4.78 is 0. The average Bonchev–Trinajstić information content (AvgIpc) is 2.48. The van der Waals surface area contributed by atoms with Gasteiger partial charge in [0.2, 0.25) is 5.91 Å². The van der Waals surface area contributed by atoms with Crippen molar-refractivity contribution in [3.8, 4) is 0 Å². The molecule has 1 amide bonds. The van der Waals surface area contributed by atoms with E-state index in [-0.39, 0.29) is 5.91 Å². The molecule has 0 aliphatic heterocycles. The maximum atomic E-state index is 10.5. The van der Waals surface area contributed by atoms with E-state index in [4.69, 9.17) is 5.73 Å². The van der Waals surface area contributed by atoms with Crippen LogP contribution < -0.4 is 11.1 Å². The van der Waals surface area contributed by atoms with Crippen molar-refractivity contribution in [1.82, 2.24) is 10.3 Å². The third kappa shape index (κ3) is 2.60. The first-order chi connectivity index (χ1) is 5.72. The van der Waals surface area contributed by atoms with Gasteiger partial charge in [-0.3, -0.25) is 4.79 Å². The highest BCUT2D eigenvalue weighted by molar-refractivity contribution is 7.09. The lowest BCUT2D eigenvalue weighted by molar-refractivity contribution is -0.119. The number of nitrogens with two attached hydrogens (primary N) is 1. The van der Waals surface area contributed by atoms with E-state index in [0.29, 0.717) is 13.1 Å². The van der Waals surface area contributed by atoms with Crippen LogP contribution in [0.15, 0.2) is 5.38 Å². The first-order valence-electron chi connectivity index (χ1n) is 3.60. The summed E-state index contributed by atoms with van der Waals surface area (Å²) in [6.45, 7) is 2.44. The van der Waals surface area contributed by atoms with Crippen LogP contribution in [-0.2, 0) is 17.9 Å². The molecule has 12 heavy (non-hydrogen) atoms. The summed E-state index contributed by atoms with van der Waals surface area (Å²) in [5.74, 6) is -0.0421. The fourth-order valence-electron chi connectivity index (χ4n) is 0.724. The lowest BCUT2D eigenvalue weighted by atomic mass is 10.5. The predicted molar refractivity (Wildman–Crippen MR) is 47.5 cm³/mol. The van der Waals surface area contributed by atoms with Gasteiger partial charge in [0.15, 0.2) is 0 Å². The quantitative estimate of drug-likeness (QED) is 0.708. The van der Waals surface area contributed by atoms with Crippen LogP contribution in [0, 0.1) is 0 Å². The summed E-state index contributed by atoms with van der Waals surface area (Å²) in [7, 11) is 0. The van der Waals surface area contributed by atoms with Crippen LogP contribution in [0.5, 0.6) is 0 Å². The number of hydrogen-bond donors (Lipinski definition) is 2. The molecule has 0 aliphatic carbocycles. The van der Waals surface area contributed by atoms with Gasteiger partial charge in [0.25, 0.3) is 0 Å². The van der Waals surface area contributed by atoms with Gasteiger partial charge in [0.05, 0.1) is 12.2 Å². The molecule has 1 heterocycles. The van der Waals surface area contributed by atoms with Gasteiger partial charge in [-0.25, -0.2) is 4.98 Å². The monoisotopic (exact) mass is 185 g/mol. The van der Waals surface area contributed by atoms with E-state index in [9.17, 15) is 4.79 Å². The number of nitrogens with zero attached hydrogens (tertiary/aromatic N) is 1. The van der Waals surface area contributed by atoms with Crippen molar-refractivity contribution in [1.29, 1.82) is 0 Å². The number of thiazole rings is 1. The molecule has 0 saturated carbocycles. The topological polar surface area (TPSA) is 68.0 Å². The molecule has 0 aromatic carbocycles. The second-order valence-electron chi connectivity index (χ2n) is 2.35. The van der Waals surface area contributed by atoms with Gasteiger partial charge in [-0.2, -0.15) is 0 Å². The Labute approximate surface area is 74.8 Å². The zero-order valence-electron chi connectivity index (χ0n) is 6.83. The molecular formula is C7H11N3OS. The zero-order chi connectivity index (χ0) is 8.97. The highest BCUT2D eigenvalue weighted by Gasteiger charge is 2.00. The molecule has 1 aromatic rings. The number of carbonyl (C=O) groups excluding carboxylic acids is 1. The Morgan fingerprint density at radius 2 is 2.58 bits per heavy atom. The van der Waals surface area contributed by atoms with Gasteiger partial charge in [-0.15, -0.1) is 11.3 Å². The molecular weight excluding hydrogens is 174 g/mol. The minimum absolute atomic E-state index is 0.0421. The van der Waals surface area contributed by atoms with Crippen LogP contribution in [0.25, 0.3) is 0 Å². The Hall–Kier alpha value is -0.940. The number of nitrogens with one attached hydrogen (secondary N) is 1. The summed E-state index contributed by atoms with van der Waals surface area (Å²) >= 11 is 1.51. The number of aromatic nitrogens is 1. The second-order valence-corrected chi connectivity index (χ2v) is 3.29. The largest absolute Gasteiger partial charge is 0.350 e. The van der Waals surface area contributed by atoms with Gasteiger partial charge in [-0.05, 0) is 0 Å². The molecule has 3 N–H and O–H groups in total. The summed E-state index contributed by atoms with van der Waals surface area (Å²) in [6.07, 6.45) is 0. The van der Waals surface area contributed by atoms with E-state index >= 15 is 0 Å². The van der Waals surface area contributed by atoms with Gasteiger partial charge in [0, 0.05) is 18.8 Å². The SMILES string of the molecule is CC(=O)NCc1nc(CN)cs1. The van der Waals surface area contributed by atoms with Crippen molar-refractivity contribution in [2.75, 3.05) is 0 Å². The molecule has 0 radical (unpaired) electrons. The average molecular weight is 185 g/mol. The van der Waals surface area contributed by atoms with Crippen LogP contribution in [-0.4, -0.2) is 10.9 Å². The molecule has 4 nitrogen and oxygen atoms in total. The van der Waals surface area contributed by atoms with E-state index in [2.05, 4.69) is 10.3 Å². The predicted octanol–water partition coefficient (Wildman–Crippen LogP) is 0.238. The maximum absolute atomic E-state index is 10.5. The van der Waals surface area contributed by atoms with E-state index in [1.807, 2.05) is 5.38 Å². The highest BCUT2D eigenvalue weighted by Crippen LogP contribution is 2.08. The van der Waals surface area contributed by atoms with Crippen molar-refractivity contribution >= 4 is 17.2 Å². The van der Waals surface area contributed by atoms with Gasteiger partial charge in [-0.1, -0.05) is 0 Å².